The summed E-state index contributed by atoms with van der Waals surface area (Å²) < 4.78 is 5.23. The average molecular weight is 492 g/mol. The number of rotatable bonds is 5. The highest BCUT2D eigenvalue weighted by Crippen LogP contribution is 2.32. The fourth-order valence-electron chi connectivity index (χ4n) is 4.96. The number of aryl methyl sites for hydroxylation is 1. The van der Waals surface area contributed by atoms with Gasteiger partial charge in [0.05, 0.1) is 24.4 Å². The molecule has 35 heavy (non-hydrogen) atoms. The minimum absolute atomic E-state index is 0.205. The maximum Gasteiger partial charge on any atom is 0.255 e. The number of methoxy groups -OCH3 is 1. The number of nitriles is 1. The fourth-order valence-corrected chi connectivity index (χ4v) is 5.24. The quantitative estimate of drug-likeness (QED) is 0.558. The number of hydrogen-bond donors (Lipinski definition) is 1. The Labute approximate surface area is 211 Å². The molecule has 1 aliphatic carbocycles. The molecule has 6 nitrogen and oxygen atoms in total. The van der Waals surface area contributed by atoms with Crippen molar-refractivity contribution in [3.05, 3.63) is 63.2 Å². The third-order valence-electron chi connectivity index (χ3n) is 6.88. The molecule has 1 saturated carbocycles. The summed E-state index contributed by atoms with van der Waals surface area (Å²) in [6.45, 7) is 3.35. The first-order valence-corrected chi connectivity index (χ1v) is 12.4. The molecule has 7 heteroatoms. The lowest BCUT2D eigenvalue weighted by atomic mass is 9.97. The summed E-state index contributed by atoms with van der Waals surface area (Å²) in [6.07, 6.45) is 8.05. The van der Waals surface area contributed by atoms with Gasteiger partial charge in [-0.1, -0.05) is 36.1 Å². The Morgan fingerprint density at radius 1 is 1.14 bits per heavy atom. The summed E-state index contributed by atoms with van der Waals surface area (Å²) in [6, 6.07) is 10.5. The zero-order valence-corrected chi connectivity index (χ0v) is 21.0. The van der Waals surface area contributed by atoms with Crippen LogP contribution in [0.1, 0.15) is 65.6 Å². The number of hydrogen-bond acceptors (Lipinski definition) is 4. The highest BCUT2D eigenvalue weighted by atomic mass is 35.5. The highest BCUT2D eigenvalue weighted by molar-refractivity contribution is 6.31. The normalized spacial score (nSPS) is 16.1. The first-order chi connectivity index (χ1) is 16.9. The van der Waals surface area contributed by atoms with E-state index in [-0.39, 0.29) is 11.8 Å². The summed E-state index contributed by atoms with van der Waals surface area (Å²) in [5.74, 6) is 0.630. The predicted octanol–water partition coefficient (Wildman–Crippen LogP) is 5.98. The molecular weight excluding hydrogens is 462 g/mol. The van der Waals surface area contributed by atoms with Gasteiger partial charge in [0.1, 0.15) is 5.75 Å². The van der Waals surface area contributed by atoms with Crippen LogP contribution in [0.25, 0.3) is 6.08 Å². The van der Waals surface area contributed by atoms with Gasteiger partial charge in [-0.05, 0) is 74.1 Å². The highest BCUT2D eigenvalue weighted by Gasteiger charge is 2.28. The van der Waals surface area contributed by atoms with Gasteiger partial charge in [-0.2, -0.15) is 5.26 Å². The molecule has 0 unspecified atom stereocenters. The van der Waals surface area contributed by atoms with Crippen LogP contribution in [0.5, 0.6) is 5.75 Å². The number of benzene rings is 2. The van der Waals surface area contributed by atoms with E-state index in [0.29, 0.717) is 33.5 Å². The van der Waals surface area contributed by atoms with E-state index in [4.69, 9.17) is 16.3 Å². The second kappa shape index (κ2) is 11.0. The topological polar surface area (TPSA) is 82.4 Å². The Morgan fingerprint density at radius 2 is 1.86 bits per heavy atom. The number of ether oxygens (including phenoxy) is 1. The van der Waals surface area contributed by atoms with Gasteiger partial charge in [-0.25, -0.2) is 0 Å². The van der Waals surface area contributed by atoms with Gasteiger partial charge in [0.25, 0.3) is 5.91 Å². The molecule has 2 aliphatic rings. The predicted molar refractivity (Wildman–Crippen MR) is 138 cm³/mol. The van der Waals surface area contributed by atoms with Gasteiger partial charge in [0.2, 0.25) is 5.91 Å². The Morgan fingerprint density at radius 3 is 2.51 bits per heavy atom. The number of carbonyl (C=O) groups is 2. The van der Waals surface area contributed by atoms with Crippen molar-refractivity contribution in [3.8, 4) is 11.8 Å². The van der Waals surface area contributed by atoms with Gasteiger partial charge in [-0.3, -0.25) is 9.59 Å². The van der Waals surface area contributed by atoms with Crippen molar-refractivity contribution >= 4 is 35.2 Å². The van der Waals surface area contributed by atoms with Gasteiger partial charge in [0.15, 0.2) is 0 Å². The summed E-state index contributed by atoms with van der Waals surface area (Å²) in [7, 11) is 1.50. The van der Waals surface area contributed by atoms with E-state index in [2.05, 4.69) is 17.5 Å². The molecule has 0 radical (unpaired) electrons. The van der Waals surface area contributed by atoms with Crippen molar-refractivity contribution in [1.29, 1.82) is 5.26 Å². The molecule has 0 aromatic heterocycles. The summed E-state index contributed by atoms with van der Waals surface area (Å²) >= 11 is 6.36. The van der Waals surface area contributed by atoms with Crippen LogP contribution in [0.15, 0.2) is 35.9 Å². The molecular formula is C28H30ClN3O3. The fraction of sp³-hybridized carbons (Fsp3) is 0.393. The molecule has 2 fully saturated rings. The molecule has 2 amide bonds. The van der Waals surface area contributed by atoms with Crippen molar-refractivity contribution in [2.24, 2.45) is 5.92 Å². The number of nitrogens with one attached hydrogen (secondary N) is 1. The van der Waals surface area contributed by atoms with Gasteiger partial charge >= 0.3 is 0 Å². The average Bonchev–Trinajstić information content (AvgIpc) is 3.40. The number of amides is 2. The minimum Gasteiger partial charge on any atom is -0.497 e. The van der Waals surface area contributed by atoms with Crippen LogP contribution in [-0.2, 0) is 4.79 Å². The van der Waals surface area contributed by atoms with Crippen molar-refractivity contribution in [3.63, 3.8) is 0 Å². The van der Waals surface area contributed by atoms with Crippen LogP contribution >= 0.6 is 11.6 Å². The maximum atomic E-state index is 13.1. The van der Waals surface area contributed by atoms with Crippen molar-refractivity contribution in [2.45, 2.75) is 45.4 Å². The van der Waals surface area contributed by atoms with E-state index in [0.717, 1.165) is 62.7 Å². The molecule has 0 atom stereocenters. The number of carbonyl (C=O) groups excluding carboxylic acids is 2. The SMILES string of the molecule is COc1cc(C#N)cc(C(=O)Nc2c(C)cc(Cl)cc2C=C2CCN(C(=O)C3CCCC3)CC2)c1. The van der Waals surface area contributed by atoms with Crippen molar-refractivity contribution in [1.82, 2.24) is 4.90 Å². The van der Waals surface area contributed by atoms with Crippen LogP contribution in [0, 0.1) is 24.2 Å². The second-order valence-corrected chi connectivity index (χ2v) is 9.75. The Kier molecular flexibility index (Phi) is 7.77. The Bertz CT molecular complexity index is 1200. The second-order valence-electron chi connectivity index (χ2n) is 9.31. The number of anilines is 1. The third kappa shape index (κ3) is 5.86. The lowest BCUT2D eigenvalue weighted by Crippen LogP contribution is -2.39. The molecule has 2 aromatic carbocycles. The molecule has 1 heterocycles. The van der Waals surface area contributed by atoms with Crippen LogP contribution < -0.4 is 10.1 Å². The molecule has 1 N–H and O–H groups in total. The molecule has 1 aliphatic heterocycles. The van der Waals surface area contributed by atoms with Crippen LogP contribution in [-0.4, -0.2) is 36.9 Å². The molecule has 182 valence electrons. The molecule has 2 aromatic rings. The number of likely N-dealkylation sites (tertiary alicyclic amines) is 1. The maximum absolute atomic E-state index is 13.1. The van der Waals surface area contributed by atoms with E-state index >= 15 is 0 Å². The van der Waals surface area contributed by atoms with Crippen LogP contribution in [0.4, 0.5) is 5.69 Å². The zero-order chi connectivity index (χ0) is 24.9. The van der Waals surface area contributed by atoms with E-state index in [1.54, 1.807) is 18.2 Å². The summed E-state index contributed by atoms with van der Waals surface area (Å²) in [5.41, 5.74) is 4.27. The van der Waals surface area contributed by atoms with E-state index in [1.807, 2.05) is 24.0 Å². The van der Waals surface area contributed by atoms with E-state index in [1.165, 1.54) is 12.7 Å². The van der Waals surface area contributed by atoms with Crippen molar-refractivity contribution in [2.75, 3.05) is 25.5 Å². The van der Waals surface area contributed by atoms with Crippen LogP contribution in [0.2, 0.25) is 5.02 Å². The monoisotopic (exact) mass is 491 g/mol. The Hall–Kier alpha value is -3.30. The standard InChI is InChI=1S/C28H30ClN3O3/c1-18-11-24(29)15-22(12-19-7-9-32(10-8-19)28(34)21-5-3-4-6-21)26(18)31-27(33)23-13-20(17-30)14-25(16-23)35-2/h11-16,21H,3-10H2,1-2H3,(H,31,33). The van der Waals surface area contributed by atoms with Gasteiger partial charge in [-0.15, -0.1) is 0 Å². The lowest BCUT2D eigenvalue weighted by Gasteiger charge is -2.30. The van der Waals surface area contributed by atoms with E-state index < -0.39 is 0 Å². The van der Waals surface area contributed by atoms with Crippen molar-refractivity contribution < 1.29 is 14.3 Å². The number of piperidine rings is 1. The summed E-state index contributed by atoms with van der Waals surface area (Å²) in [5, 5.41) is 12.9. The Balaban J connectivity index is 1.53. The van der Waals surface area contributed by atoms with Crippen LogP contribution in [0.3, 0.4) is 0 Å². The van der Waals surface area contributed by atoms with Gasteiger partial charge in [0, 0.05) is 29.6 Å². The molecule has 0 spiro atoms. The molecule has 1 saturated heterocycles. The molecule has 4 rings (SSSR count). The number of nitrogens with zero attached hydrogens (tertiary/aromatic N) is 2. The largest absolute Gasteiger partial charge is 0.497 e. The lowest BCUT2D eigenvalue weighted by molar-refractivity contribution is -0.135. The first kappa shape index (κ1) is 24.8. The minimum atomic E-state index is -0.331. The smallest absolute Gasteiger partial charge is 0.255 e. The van der Waals surface area contributed by atoms with Gasteiger partial charge < -0.3 is 15.0 Å². The number of halogens is 1. The molecule has 0 bridgehead atoms. The third-order valence-corrected chi connectivity index (χ3v) is 7.10. The summed E-state index contributed by atoms with van der Waals surface area (Å²) in [4.78, 5) is 27.9. The first-order valence-electron chi connectivity index (χ1n) is 12.1. The van der Waals surface area contributed by atoms with E-state index in [9.17, 15) is 14.9 Å². The zero-order valence-electron chi connectivity index (χ0n) is 20.2.